The molecule has 3 aromatic rings. The molecule has 10 heteroatoms. The van der Waals surface area contributed by atoms with E-state index in [1.807, 2.05) is 6.92 Å². The number of likely N-dealkylation sites (tertiary alicyclic amines) is 1. The van der Waals surface area contributed by atoms with Gasteiger partial charge in [0.25, 0.3) is 5.56 Å². The maximum atomic E-state index is 12.7. The number of carbonyl (C=O) groups excluding carboxylic acids is 1. The van der Waals surface area contributed by atoms with E-state index in [0.29, 0.717) is 40.9 Å². The number of rotatable bonds is 4. The van der Waals surface area contributed by atoms with Crippen LogP contribution in [-0.2, 0) is 11.5 Å². The van der Waals surface area contributed by atoms with E-state index in [1.165, 1.54) is 10.9 Å². The minimum absolute atomic E-state index is 0.0939. The van der Waals surface area contributed by atoms with Crippen LogP contribution in [0.5, 0.6) is 0 Å². The Bertz CT molecular complexity index is 1110. The summed E-state index contributed by atoms with van der Waals surface area (Å²) in [4.78, 5) is 31.5. The number of aryl methyl sites for hydroxylation is 2. The molecule has 1 atom stereocenters. The first-order valence-corrected chi connectivity index (χ1v) is 9.78. The molecule has 29 heavy (non-hydrogen) atoms. The van der Waals surface area contributed by atoms with E-state index in [2.05, 4.69) is 25.5 Å². The van der Waals surface area contributed by atoms with Crippen LogP contribution in [0.1, 0.15) is 24.3 Å². The van der Waals surface area contributed by atoms with Crippen molar-refractivity contribution in [3.63, 3.8) is 0 Å². The summed E-state index contributed by atoms with van der Waals surface area (Å²) < 4.78 is 6.54. The molecule has 9 nitrogen and oxygen atoms in total. The third kappa shape index (κ3) is 4.01. The Morgan fingerprint density at radius 3 is 2.97 bits per heavy atom. The minimum Gasteiger partial charge on any atom is -0.360 e. The number of nitrogens with zero attached hydrogens (tertiary/aromatic N) is 5. The lowest BCUT2D eigenvalue weighted by Crippen LogP contribution is -2.43. The van der Waals surface area contributed by atoms with Crippen molar-refractivity contribution in [1.82, 2.24) is 24.8 Å². The Hall–Kier alpha value is -2.78. The molecular formula is C19H21ClN6O3. The summed E-state index contributed by atoms with van der Waals surface area (Å²) in [5.74, 6) is 0.760. The van der Waals surface area contributed by atoms with Gasteiger partial charge in [-0.25, -0.2) is 9.67 Å². The number of anilines is 1. The van der Waals surface area contributed by atoms with Crippen LogP contribution >= 0.6 is 11.6 Å². The predicted molar refractivity (Wildman–Crippen MR) is 108 cm³/mol. The monoisotopic (exact) mass is 416 g/mol. The van der Waals surface area contributed by atoms with E-state index in [0.717, 1.165) is 19.4 Å². The summed E-state index contributed by atoms with van der Waals surface area (Å²) in [6.45, 7) is 5.20. The minimum atomic E-state index is -0.292. The number of halogens is 1. The van der Waals surface area contributed by atoms with Crippen LogP contribution < -0.4 is 10.9 Å². The Morgan fingerprint density at radius 2 is 2.21 bits per heavy atom. The van der Waals surface area contributed by atoms with Gasteiger partial charge in [0.15, 0.2) is 5.52 Å². The van der Waals surface area contributed by atoms with Gasteiger partial charge in [-0.05, 0) is 45.4 Å². The highest BCUT2D eigenvalue weighted by atomic mass is 35.5. The topological polar surface area (TPSA) is 106 Å². The van der Waals surface area contributed by atoms with Crippen molar-refractivity contribution in [3.8, 4) is 0 Å². The molecule has 4 heterocycles. The van der Waals surface area contributed by atoms with Crippen molar-refractivity contribution in [2.75, 3.05) is 18.4 Å². The maximum Gasteiger partial charge on any atom is 0.298 e. The van der Waals surface area contributed by atoms with E-state index in [-0.39, 0.29) is 22.9 Å². The van der Waals surface area contributed by atoms with E-state index in [1.54, 1.807) is 19.1 Å². The van der Waals surface area contributed by atoms with E-state index in [4.69, 9.17) is 16.1 Å². The number of nitrogens with one attached hydrogen (secondary N) is 1. The summed E-state index contributed by atoms with van der Waals surface area (Å²) in [5, 5.41) is 12.3. The highest BCUT2D eigenvalue weighted by Gasteiger charge is 2.27. The molecular weight excluding hydrogens is 396 g/mol. The lowest BCUT2D eigenvalue weighted by Gasteiger charge is -2.31. The zero-order chi connectivity index (χ0) is 20.5. The molecule has 152 valence electrons. The van der Waals surface area contributed by atoms with Crippen LogP contribution in [-0.4, -0.2) is 43.8 Å². The SMILES string of the molecule is Cc1nn(CN2CCCC(C(=O)Nc3ccc(Cl)cn3)C2)c(=O)c2noc(C)c12. The molecule has 0 aliphatic carbocycles. The molecule has 3 aromatic heterocycles. The van der Waals surface area contributed by atoms with Crippen LogP contribution in [0.15, 0.2) is 27.6 Å². The van der Waals surface area contributed by atoms with Gasteiger partial charge in [0.2, 0.25) is 5.91 Å². The van der Waals surface area contributed by atoms with Crippen molar-refractivity contribution in [2.24, 2.45) is 5.92 Å². The van der Waals surface area contributed by atoms with Gasteiger partial charge in [-0.15, -0.1) is 0 Å². The molecule has 1 aliphatic heterocycles. The molecule has 0 saturated carbocycles. The highest BCUT2D eigenvalue weighted by Crippen LogP contribution is 2.20. The van der Waals surface area contributed by atoms with Gasteiger partial charge >= 0.3 is 0 Å². The van der Waals surface area contributed by atoms with Gasteiger partial charge in [-0.3, -0.25) is 14.5 Å². The highest BCUT2D eigenvalue weighted by molar-refractivity contribution is 6.30. The molecule has 0 bridgehead atoms. The first-order valence-electron chi connectivity index (χ1n) is 9.41. The molecule has 1 aliphatic rings. The summed E-state index contributed by atoms with van der Waals surface area (Å²) in [5.41, 5.74) is 0.688. The van der Waals surface area contributed by atoms with Crippen LogP contribution in [0.25, 0.3) is 10.9 Å². The van der Waals surface area contributed by atoms with Gasteiger partial charge < -0.3 is 9.84 Å². The number of hydrogen-bond donors (Lipinski definition) is 1. The largest absolute Gasteiger partial charge is 0.360 e. The van der Waals surface area contributed by atoms with Crippen LogP contribution in [0.3, 0.4) is 0 Å². The second-order valence-electron chi connectivity index (χ2n) is 7.26. The lowest BCUT2D eigenvalue weighted by molar-refractivity contribution is -0.121. The van der Waals surface area contributed by atoms with E-state index >= 15 is 0 Å². The van der Waals surface area contributed by atoms with Crippen LogP contribution in [0.2, 0.25) is 5.02 Å². The smallest absolute Gasteiger partial charge is 0.298 e. The van der Waals surface area contributed by atoms with Crippen molar-refractivity contribution in [1.29, 1.82) is 0 Å². The van der Waals surface area contributed by atoms with Gasteiger partial charge in [-0.2, -0.15) is 5.10 Å². The van der Waals surface area contributed by atoms with Gasteiger partial charge in [-0.1, -0.05) is 16.8 Å². The Labute approximate surface area is 171 Å². The number of fused-ring (bicyclic) bond motifs is 1. The van der Waals surface area contributed by atoms with Crippen molar-refractivity contribution in [3.05, 3.63) is 45.2 Å². The fourth-order valence-corrected chi connectivity index (χ4v) is 3.82. The number of carbonyl (C=O) groups is 1. The number of piperidine rings is 1. The summed E-state index contributed by atoms with van der Waals surface area (Å²) in [6.07, 6.45) is 3.12. The molecule has 0 aromatic carbocycles. The van der Waals surface area contributed by atoms with Crippen LogP contribution in [0.4, 0.5) is 5.82 Å². The second kappa shape index (κ2) is 7.92. The standard InChI is InChI=1S/C19H21ClN6O3/c1-11-16-12(2)29-24-17(16)19(28)26(23-11)10-25-7-3-4-13(9-25)18(27)22-15-6-5-14(20)8-21-15/h5-6,8,13H,3-4,7,9-10H2,1-2H3,(H,21,22,27). The van der Waals surface area contributed by atoms with Crippen molar-refractivity contribution in [2.45, 2.75) is 33.4 Å². The Morgan fingerprint density at radius 1 is 1.38 bits per heavy atom. The zero-order valence-corrected chi connectivity index (χ0v) is 16.9. The first kappa shape index (κ1) is 19.5. The van der Waals surface area contributed by atoms with E-state index < -0.39 is 0 Å². The molecule has 0 spiro atoms. The first-order chi connectivity index (χ1) is 13.9. The number of amides is 1. The summed E-state index contributed by atoms with van der Waals surface area (Å²) >= 11 is 5.83. The van der Waals surface area contributed by atoms with E-state index in [9.17, 15) is 9.59 Å². The molecule has 4 rings (SSSR count). The third-order valence-corrected chi connectivity index (χ3v) is 5.34. The molecule has 0 radical (unpaired) electrons. The normalized spacial score (nSPS) is 17.6. The van der Waals surface area contributed by atoms with Gasteiger partial charge in [0.1, 0.15) is 11.6 Å². The fourth-order valence-electron chi connectivity index (χ4n) is 3.70. The molecule has 1 fully saturated rings. The molecule has 1 N–H and O–H groups in total. The molecule has 1 unspecified atom stereocenters. The van der Waals surface area contributed by atoms with Crippen molar-refractivity contribution >= 4 is 34.2 Å². The number of hydrogen-bond acceptors (Lipinski definition) is 7. The molecule has 1 amide bonds. The molecule has 1 saturated heterocycles. The average molecular weight is 417 g/mol. The predicted octanol–water partition coefficient (Wildman–Crippen LogP) is 2.36. The van der Waals surface area contributed by atoms with Crippen molar-refractivity contribution < 1.29 is 9.32 Å². The van der Waals surface area contributed by atoms with Crippen LogP contribution in [0, 0.1) is 19.8 Å². The maximum absolute atomic E-state index is 12.7. The summed E-state index contributed by atoms with van der Waals surface area (Å²) in [6, 6.07) is 3.35. The lowest BCUT2D eigenvalue weighted by atomic mass is 9.97. The zero-order valence-electron chi connectivity index (χ0n) is 16.2. The van der Waals surface area contributed by atoms with Gasteiger partial charge in [0, 0.05) is 12.7 Å². The van der Waals surface area contributed by atoms with Gasteiger partial charge in [0.05, 0.1) is 28.7 Å². The second-order valence-corrected chi connectivity index (χ2v) is 7.70. The number of pyridine rings is 1. The third-order valence-electron chi connectivity index (χ3n) is 5.12. The Balaban J connectivity index is 1.47. The quantitative estimate of drug-likeness (QED) is 0.695. The Kier molecular flexibility index (Phi) is 5.33. The number of aromatic nitrogens is 4. The average Bonchev–Trinajstić information content (AvgIpc) is 3.10. The fraction of sp³-hybridized carbons (Fsp3) is 0.421. The summed E-state index contributed by atoms with van der Waals surface area (Å²) in [7, 11) is 0.